The Labute approximate surface area is 57.7 Å². The van der Waals surface area contributed by atoms with Crippen LogP contribution >= 0.6 is 9.39 Å². The van der Waals surface area contributed by atoms with Gasteiger partial charge in [0.1, 0.15) is 0 Å². The van der Waals surface area contributed by atoms with Gasteiger partial charge in [-0.05, 0) is 7.05 Å². The van der Waals surface area contributed by atoms with Gasteiger partial charge in [0.25, 0.3) is 0 Å². The van der Waals surface area contributed by atoms with E-state index in [1.54, 1.807) is 0 Å². The highest BCUT2D eigenvalue weighted by molar-refractivity contribution is 7.89. The number of nitrogens with one attached hydrogen (secondary N) is 2. The Morgan fingerprint density at radius 1 is 1.56 bits per heavy atom. The van der Waals surface area contributed by atoms with Crippen molar-refractivity contribution in [2.24, 2.45) is 0 Å². The third-order valence-electron chi connectivity index (χ3n) is 0.826. The maximum absolute atomic E-state index is 10.6. The molecule has 0 saturated carbocycles. The summed E-state index contributed by atoms with van der Waals surface area (Å²) in [5.74, 6) is 0.118. The van der Waals surface area contributed by atoms with Crippen LogP contribution in [0.4, 0.5) is 0 Å². The van der Waals surface area contributed by atoms with Gasteiger partial charge < -0.3 is 0 Å². The molecule has 0 fully saturated rings. The van der Waals surface area contributed by atoms with Gasteiger partial charge in [-0.1, -0.05) is 9.39 Å². The molecule has 0 amide bonds. The lowest BCUT2D eigenvalue weighted by Crippen LogP contribution is -2.26. The van der Waals surface area contributed by atoms with E-state index in [9.17, 15) is 8.42 Å². The second-order valence-corrected chi connectivity index (χ2v) is 3.93. The molecule has 2 N–H and O–H groups in total. The minimum atomic E-state index is -3.01. The fourth-order valence-corrected chi connectivity index (χ4v) is 1.24. The molecule has 4 nitrogen and oxygen atoms in total. The Hall–Kier alpha value is 0.300. The van der Waals surface area contributed by atoms with E-state index in [0.29, 0.717) is 6.54 Å². The molecule has 0 aliphatic rings. The zero-order valence-corrected chi connectivity index (χ0v) is 7.19. The second kappa shape index (κ2) is 4.17. The molecule has 1 unspecified atom stereocenters. The van der Waals surface area contributed by atoms with Gasteiger partial charge in [-0.15, -0.1) is 0 Å². The van der Waals surface area contributed by atoms with Gasteiger partial charge in [0.15, 0.2) is 0 Å². The molecular weight excluding hydrogens is 159 g/mol. The maximum Gasteiger partial charge on any atom is 0.212 e. The predicted molar refractivity (Wildman–Crippen MR) is 40.6 cm³/mol. The number of rotatable bonds is 4. The molecule has 0 aliphatic carbocycles. The molecule has 0 saturated heterocycles. The minimum Gasteiger partial charge on any atom is -0.300 e. The Bertz CT molecular complexity index is 155. The van der Waals surface area contributed by atoms with E-state index >= 15 is 0 Å². The molecule has 1 atom stereocenters. The van der Waals surface area contributed by atoms with Crippen molar-refractivity contribution >= 4 is 19.4 Å². The average Bonchev–Trinajstić information content (AvgIpc) is 1.84. The highest BCUT2D eigenvalue weighted by Crippen LogP contribution is 1.79. The first-order chi connectivity index (χ1) is 4.12. The van der Waals surface area contributed by atoms with E-state index in [2.05, 4.69) is 19.2 Å². The standard InChI is InChI=1S/C3H11N2O2PS/c1-4-9(6,7)3-2-5-8/h4-5H,2-3,8H2,1H3. The fourth-order valence-electron chi connectivity index (χ4n) is 0.295. The first-order valence-electron chi connectivity index (χ1n) is 2.47. The highest BCUT2D eigenvalue weighted by Gasteiger charge is 2.03. The van der Waals surface area contributed by atoms with Crippen LogP contribution in [0.25, 0.3) is 0 Å². The molecular formula is C3H11N2O2PS. The average molecular weight is 170 g/mol. The van der Waals surface area contributed by atoms with Crippen molar-refractivity contribution in [3.05, 3.63) is 0 Å². The first kappa shape index (κ1) is 9.30. The van der Waals surface area contributed by atoms with Crippen LogP contribution in [0, 0.1) is 0 Å². The number of hydrogen-bond acceptors (Lipinski definition) is 3. The molecule has 9 heavy (non-hydrogen) atoms. The Kier molecular flexibility index (Phi) is 4.31. The summed E-state index contributed by atoms with van der Waals surface area (Å²) in [5.41, 5.74) is 0. The summed E-state index contributed by atoms with van der Waals surface area (Å²) in [4.78, 5) is 0. The van der Waals surface area contributed by atoms with E-state index in [-0.39, 0.29) is 5.75 Å². The molecule has 0 aromatic heterocycles. The van der Waals surface area contributed by atoms with E-state index in [1.165, 1.54) is 7.05 Å². The SMILES string of the molecule is CNS(=O)(=O)CCNP. The van der Waals surface area contributed by atoms with Crippen molar-refractivity contribution < 1.29 is 8.42 Å². The van der Waals surface area contributed by atoms with Crippen LogP contribution in [0.1, 0.15) is 0 Å². The van der Waals surface area contributed by atoms with Crippen molar-refractivity contribution in [2.75, 3.05) is 19.3 Å². The van der Waals surface area contributed by atoms with Gasteiger partial charge in [0, 0.05) is 6.54 Å². The van der Waals surface area contributed by atoms with E-state index in [0.717, 1.165) is 0 Å². The first-order valence-corrected chi connectivity index (χ1v) is 4.70. The van der Waals surface area contributed by atoms with Crippen LogP contribution in [0.15, 0.2) is 0 Å². The molecule has 0 spiro atoms. The molecule has 0 aromatic carbocycles. The Balaban J connectivity index is 3.61. The number of hydrogen-bond donors (Lipinski definition) is 2. The van der Waals surface area contributed by atoms with Crippen molar-refractivity contribution in [1.29, 1.82) is 0 Å². The summed E-state index contributed by atoms with van der Waals surface area (Å²) in [7, 11) is 0.629. The van der Waals surface area contributed by atoms with Gasteiger partial charge in [-0.2, -0.15) is 0 Å². The lowest BCUT2D eigenvalue weighted by atomic mass is 10.8. The third kappa shape index (κ3) is 4.78. The quantitative estimate of drug-likeness (QED) is 0.527. The Morgan fingerprint density at radius 3 is 2.44 bits per heavy atom. The minimum absolute atomic E-state index is 0.118. The van der Waals surface area contributed by atoms with Crippen LogP contribution in [0.3, 0.4) is 0 Å². The van der Waals surface area contributed by atoms with E-state index in [1.807, 2.05) is 0 Å². The lowest BCUT2D eigenvalue weighted by molar-refractivity contribution is 0.587. The second-order valence-electron chi connectivity index (χ2n) is 1.48. The monoisotopic (exact) mass is 170 g/mol. The molecule has 0 aliphatic heterocycles. The third-order valence-corrected chi connectivity index (χ3v) is 2.48. The summed E-state index contributed by atoms with van der Waals surface area (Å²) in [6.45, 7) is 0.452. The van der Waals surface area contributed by atoms with Crippen LogP contribution in [0.2, 0.25) is 0 Å². The van der Waals surface area contributed by atoms with Gasteiger partial charge >= 0.3 is 0 Å². The van der Waals surface area contributed by atoms with Crippen LogP contribution in [0.5, 0.6) is 0 Å². The van der Waals surface area contributed by atoms with Crippen molar-refractivity contribution in [1.82, 2.24) is 9.81 Å². The highest BCUT2D eigenvalue weighted by atomic mass is 32.2. The smallest absolute Gasteiger partial charge is 0.212 e. The molecule has 6 heteroatoms. The van der Waals surface area contributed by atoms with Crippen LogP contribution < -0.4 is 9.81 Å². The summed E-state index contributed by atoms with van der Waals surface area (Å²) >= 11 is 0. The summed E-state index contributed by atoms with van der Waals surface area (Å²) in [6.07, 6.45) is 0. The lowest BCUT2D eigenvalue weighted by Gasteiger charge is -1.98. The van der Waals surface area contributed by atoms with Crippen molar-refractivity contribution in [3.63, 3.8) is 0 Å². The normalized spacial score (nSPS) is 11.8. The van der Waals surface area contributed by atoms with Gasteiger partial charge in [-0.25, -0.2) is 13.1 Å². The number of sulfonamides is 1. The fraction of sp³-hybridized carbons (Fsp3) is 1.00. The van der Waals surface area contributed by atoms with Crippen molar-refractivity contribution in [3.8, 4) is 0 Å². The predicted octanol–water partition coefficient (Wildman–Crippen LogP) is -1.08. The molecule has 0 heterocycles. The van der Waals surface area contributed by atoms with Gasteiger partial charge in [-0.3, -0.25) is 5.09 Å². The summed E-state index contributed by atoms with van der Waals surface area (Å²) in [6, 6.07) is 0. The van der Waals surface area contributed by atoms with Gasteiger partial charge in [0.05, 0.1) is 5.75 Å². The molecule has 0 bridgehead atoms. The molecule has 0 radical (unpaired) electrons. The van der Waals surface area contributed by atoms with Crippen LogP contribution in [-0.2, 0) is 10.0 Å². The zero-order chi connectivity index (χ0) is 7.33. The summed E-state index contributed by atoms with van der Waals surface area (Å²) < 4.78 is 23.4. The maximum atomic E-state index is 10.6. The molecule has 56 valence electrons. The van der Waals surface area contributed by atoms with Crippen molar-refractivity contribution in [2.45, 2.75) is 0 Å². The Morgan fingerprint density at radius 2 is 2.11 bits per heavy atom. The summed E-state index contributed by atoms with van der Waals surface area (Å²) in [5, 5.41) is 2.66. The topological polar surface area (TPSA) is 58.2 Å². The van der Waals surface area contributed by atoms with E-state index in [4.69, 9.17) is 0 Å². The van der Waals surface area contributed by atoms with Crippen LogP contribution in [-0.4, -0.2) is 27.8 Å². The van der Waals surface area contributed by atoms with E-state index < -0.39 is 10.0 Å². The molecule has 0 rings (SSSR count). The van der Waals surface area contributed by atoms with Gasteiger partial charge in [0.2, 0.25) is 10.0 Å². The largest absolute Gasteiger partial charge is 0.300 e. The molecule has 0 aromatic rings. The zero-order valence-electron chi connectivity index (χ0n) is 5.22.